The van der Waals surface area contributed by atoms with Crippen molar-refractivity contribution in [3.63, 3.8) is 0 Å². The second-order valence-electron chi connectivity index (χ2n) is 3.90. The Labute approximate surface area is 94.9 Å². The van der Waals surface area contributed by atoms with Crippen LogP contribution in [0.4, 0.5) is 0 Å². The number of rotatable bonds is 4. The molecule has 2 rings (SSSR count). The second kappa shape index (κ2) is 5.01. The molecule has 1 aromatic carbocycles. The van der Waals surface area contributed by atoms with Gasteiger partial charge >= 0.3 is 0 Å². The van der Waals surface area contributed by atoms with Crippen LogP contribution in [0, 0.1) is 0 Å². The third kappa shape index (κ3) is 2.53. The molecule has 84 valence electrons. The zero-order valence-electron chi connectivity index (χ0n) is 9.35. The zero-order valence-corrected chi connectivity index (χ0v) is 9.35. The summed E-state index contributed by atoms with van der Waals surface area (Å²) >= 11 is 0. The van der Waals surface area contributed by atoms with Crippen LogP contribution in [0.15, 0.2) is 30.6 Å². The Morgan fingerprint density at radius 1 is 1.25 bits per heavy atom. The lowest BCUT2D eigenvalue weighted by molar-refractivity contribution is 0.556. The van der Waals surface area contributed by atoms with Crippen molar-refractivity contribution in [1.82, 2.24) is 15.3 Å². The molecule has 0 amide bonds. The molecule has 0 aliphatic carbocycles. The van der Waals surface area contributed by atoms with Gasteiger partial charge in [-0.1, -0.05) is 6.07 Å². The van der Waals surface area contributed by atoms with Crippen LogP contribution in [-0.2, 0) is 6.54 Å². The van der Waals surface area contributed by atoms with Gasteiger partial charge in [0.1, 0.15) is 0 Å². The molecular formula is C12H16N4. The van der Waals surface area contributed by atoms with Crippen molar-refractivity contribution in [3.8, 4) is 0 Å². The van der Waals surface area contributed by atoms with Crippen LogP contribution >= 0.6 is 0 Å². The Kier molecular flexibility index (Phi) is 3.44. The molecule has 0 aliphatic heterocycles. The summed E-state index contributed by atoms with van der Waals surface area (Å²) in [5.41, 5.74) is 8.61. The number of nitrogens with one attached hydrogen (secondary N) is 1. The minimum absolute atomic E-state index is 0.331. The van der Waals surface area contributed by atoms with E-state index in [0.717, 1.165) is 17.6 Å². The number of hydrogen-bond donors (Lipinski definition) is 2. The van der Waals surface area contributed by atoms with Gasteiger partial charge in [-0.3, -0.25) is 9.97 Å². The highest BCUT2D eigenvalue weighted by atomic mass is 14.9. The van der Waals surface area contributed by atoms with Crippen LogP contribution < -0.4 is 11.1 Å². The first kappa shape index (κ1) is 11.0. The lowest BCUT2D eigenvalue weighted by atomic mass is 10.2. The average Bonchev–Trinajstić information content (AvgIpc) is 2.35. The first-order chi connectivity index (χ1) is 7.79. The molecule has 16 heavy (non-hydrogen) atoms. The van der Waals surface area contributed by atoms with E-state index in [0.29, 0.717) is 12.6 Å². The normalized spacial score (nSPS) is 12.9. The number of benzene rings is 1. The standard InChI is InChI=1S/C12H16N4/c1-9(7-13)16-8-10-2-3-11-12(6-10)15-5-4-14-11/h2-6,9,16H,7-8,13H2,1H3/t9-/m0/s1. The van der Waals surface area contributed by atoms with E-state index in [1.807, 2.05) is 6.07 Å². The lowest BCUT2D eigenvalue weighted by Crippen LogP contribution is -2.32. The van der Waals surface area contributed by atoms with Crippen LogP contribution in [0.5, 0.6) is 0 Å². The fourth-order valence-corrected chi connectivity index (χ4v) is 1.49. The maximum Gasteiger partial charge on any atom is 0.0890 e. The minimum atomic E-state index is 0.331. The Morgan fingerprint density at radius 2 is 2.00 bits per heavy atom. The SMILES string of the molecule is C[C@@H](CN)NCc1ccc2nccnc2c1. The Hall–Kier alpha value is -1.52. The van der Waals surface area contributed by atoms with E-state index >= 15 is 0 Å². The molecule has 1 atom stereocenters. The van der Waals surface area contributed by atoms with Crippen molar-refractivity contribution in [2.24, 2.45) is 5.73 Å². The highest BCUT2D eigenvalue weighted by Gasteiger charge is 2.00. The van der Waals surface area contributed by atoms with Gasteiger partial charge in [-0.05, 0) is 24.6 Å². The van der Waals surface area contributed by atoms with Gasteiger partial charge in [-0.15, -0.1) is 0 Å². The summed E-state index contributed by atoms with van der Waals surface area (Å²) in [5, 5.41) is 3.34. The third-order valence-electron chi connectivity index (χ3n) is 2.54. The molecule has 4 heteroatoms. The van der Waals surface area contributed by atoms with Crippen LogP contribution in [0.25, 0.3) is 11.0 Å². The number of fused-ring (bicyclic) bond motifs is 1. The fourth-order valence-electron chi connectivity index (χ4n) is 1.49. The van der Waals surface area contributed by atoms with Crippen LogP contribution in [-0.4, -0.2) is 22.6 Å². The minimum Gasteiger partial charge on any atom is -0.329 e. The Balaban J connectivity index is 2.13. The second-order valence-corrected chi connectivity index (χ2v) is 3.90. The number of aromatic nitrogens is 2. The summed E-state index contributed by atoms with van der Waals surface area (Å²) in [4.78, 5) is 8.50. The highest BCUT2D eigenvalue weighted by molar-refractivity contribution is 5.74. The predicted molar refractivity (Wildman–Crippen MR) is 64.9 cm³/mol. The van der Waals surface area contributed by atoms with E-state index in [2.05, 4.69) is 34.3 Å². The van der Waals surface area contributed by atoms with Gasteiger partial charge in [-0.25, -0.2) is 0 Å². The summed E-state index contributed by atoms with van der Waals surface area (Å²) in [5.74, 6) is 0. The molecule has 0 bridgehead atoms. The van der Waals surface area contributed by atoms with Gasteiger partial charge < -0.3 is 11.1 Å². The van der Waals surface area contributed by atoms with Crippen molar-refractivity contribution in [2.75, 3.05) is 6.54 Å². The molecule has 0 aliphatic rings. The first-order valence-corrected chi connectivity index (χ1v) is 5.42. The lowest BCUT2D eigenvalue weighted by Gasteiger charge is -2.11. The Bertz CT molecular complexity index is 469. The maximum atomic E-state index is 5.54. The smallest absolute Gasteiger partial charge is 0.0890 e. The summed E-state index contributed by atoms with van der Waals surface area (Å²) in [6.45, 7) is 3.53. The molecule has 0 fully saturated rings. The predicted octanol–water partition coefficient (Wildman–Crippen LogP) is 1.07. The summed E-state index contributed by atoms with van der Waals surface area (Å²) in [6, 6.07) is 6.44. The van der Waals surface area contributed by atoms with E-state index in [1.165, 1.54) is 5.56 Å². The molecule has 0 spiro atoms. The number of hydrogen-bond acceptors (Lipinski definition) is 4. The largest absolute Gasteiger partial charge is 0.329 e. The van der Waals surface area contributed by atoms with Crippen molar-refractivity contribution >= 4 is 11.0 Å². The monoisotopic (exact) mass is 216 g/mol. The van der Waals surface area contributed by atoms with E-state index in [1.54, 1.807) is 12.4 Å². The van der Waals surface area contributed by atoms with Crippen LogP contribution in [0.3, 0.4) is 0 Å². The fraction of sp³-hybridized carbons (Fsp3) is 0.333. The van der Waals surface area contributed by atoms with Gasteiger partial charge in [0.2, 0.25) is 0 Å². The molecule has 1 heterocycles. The molecule has 4 nitrogen and oxygen atoms in total. The van der Waals surface area contributed by atoms with E-state index < -0.39 is 0 Å². The highest BCUT2D eigenvalue weighted by Crippen LogP contribution is 2.10. The quantitative estimate of drug-likeness (QED) is 0.802. The number of nitrogens with two attached hydrogens (primary N) is 1. The average molecular weight is 216 g/mol. The van der Waals surface area contributed by atoms with Crippen molar-refractivity contribution in [1.29, 1.82) is 0 Å². The molecule has 1 aromatic heterocycles. The maximum absolute atomic E-state index is 5.54. The molecule has 0 saturated heterocycles. The van der Waals surface area contributed by atoms with Crippen molar-refractivity contribution in [2.45, 2.75) is 19.5 Å². The molecule has 0 radical (unpaired) electrons. The molecule has 0 saturated carbocycles. The zero-order chi connectivity index (χ0) is 11.4. The van der Waals surface area contributed by atoms with E-state index in [9.17, 15) is 0 Å². The van der Waals surface area contributed by atoms with Crippen LogP contribution in [0.1, 0.15) is 12.5 Å². The molecular weight excluding hydrogens is 200 g/mol. The van der Waals surface area contributed by atoms with Gasteiger partial charge in [0.05, 0.1) is 11.0 Å². The van der Waals surface area contributed by atoms with E-state index in [-0.39, 0.29) is 0 Å². The van der Waals surface area contributed by atoms with Crippen molar-refractivity contribution in [3.05, 3.63) is 36.2 Å². The van der Waals surface area contributed by atoms with Crippen LogP contribution in [0.2, 0.25) is 0 Å². The number of nitrogens with zero attached hydrogens (tertiary/aromatic N) is 2. The summed E-state index contributed by atoms with van der Waals surface area (Å²) in [7, 11) is 0. The summed E-state index contributed by atoms with van der Waals surface area (Å²) in [6.07, 6.45) is 3.42. The van der Waals surface area contributed by atoms with Gasteiger partial charge in [0.25, 0.3) is 0 Å². The topological polar surface area (TPSA) is 63.8 Å². The Morgan fingerprint density at radius 3 is 2.75 bits per heavy atom. The van der Waals surface area contributed by atoms with Gasteiger partial charge in [-0.2, -0.15) is 0 Å². The van der Waals surface area contributed by atoms with E-state index in [4.69, 9.17) is 5.73 Å². The molecule has 2 aromatic rings. The third-order valence-corrected chi connectivity index (χ3v) is 2.54. The first-order valence-electron chi connectivity index (χ1n) is 5.42. The van der Waals surface area contributed by atoms with Crippen molar-refractivity contribution < 1.29 is 0 Å². The summed E-state index contributed by atoms with van der Waals surface area (Å²) < 4.78 is 0. The van der Waals surface area contributed by atoms with Gasteiger partial charge in [0.15, 0.2) is 0 Å². The molecule has 0 unspecified atom stereocenters. The van der Waals surface area contributed by atoms with Gasteiger partial charge in [0, 0.05) is 31.5 Å². The molecule has 3 N–H and O–H groups in total.